The Hall–Kier alpha value is -3.87. The monoisotopic (exact) mass is 387 g/mol. The summed E-state index contributed by atoms with van der Waals surface area (Å²) in [6, 6.07) is 16.4. The molecule has 0 saturated heterocycles. The van der Waals surface area contributed by atoms with Crippen molar-refractivity contribution in [3.63, 3.8) is 0 Å². The van der Waals surface area contributed by atoms with Gasteiger partial charge < -0.3 is 9.15 Å². The number of methoxy groups -OCH3 is 1. The molecule has 1 amide bonds. The molecule has 144 valence electrons. The number of hydrogen-bond acceptors (Lipinski definition) is 6. The average Bonchev–Trinajstić information content (AvgIpc) is 3.12. The molecule has 1 aliphatic heterocycles. The average molecular weight is 387 g/mol. The molecule has 7 heteroatoms. The zero-order chi connectivity index (χ0) is 20.0. The number of aromatic nitrogens is 1. The zero-order valence-electron chi connectivity index (χ0n) is 15.6. The quantitative estimate of drug-likeness (QED) is 0.544. The van der Waals surface area contributed by atoms with Crippen LogP contribution in [0.3, 0.4) is 0 Å². The summed E-state index contributed by atoms with van der Waals surface area (Å²) in [6.45, 7) is 0.570. The fourth-order valence-electron chi connectivity index (χ4n) is 3.58. The van der Waals surface area contributed by atoms with Crippen molar-refractivity contribution in [2.45, 2.75) is 6.42 Å². The zero-order valence-corrected chi connectivity index (χ0v) is 15.6. The van der Waals surface area contributed by atoms with Gasteiger partial charge in [-0.15, -0.1) is 0 Å². The smallest absolute Gasteiger partial charge is 0.349 e. The minimum Gasteiger partial charge on any atom is -0.497 e. The molecule has 0 bridgehead atoms. The number of fused-ring (bicyclic) bond motifs is 3. The van der Waals surface area contributed by atoms with Crippen LogP contribution in [0.4, 0.5) is 5.82 Å². The molecule has 0 unspecified atom stereocenters. The van der Waals surface area contributed by atoms with Crippen molar-refractivity contribution in [3.05, 3.63) is 76.1 Å². The summed E-state index contributed by atoms with van der Waals surface area (Å²) >= 11 is 0. The predicted octanol–water partition coefficient (Wildman–Crippen LogP) is 3.06. The fraction of sp³-hybridized carbons (Fsp3) is 0.136. The van der Waals surface area contributed by atoms with Crippen LogP contribution in [0.5, 0.6) is 5.75 Å². The second kappa shape index (κ2) is 6.63. The standard InChI is InChI=1S/C22H17N3O4/c1-28-16-7-6-13-10-15-8-9-25(20(15)23-18(13)12-16)24-21(26)17-11-14-4-2-3-5-19(14)29-22(17)27/h2-7,10-12H,8-9H2,1H3,(H,24,26). The third kappa shape index (κ3) is 2.97. The summed E-state index contributed by atoms with van der Waals surface area (Å²) in [4.78, 5) is 29.7. The van der Waals surface area contributed by atoms with E-state index in [9.17, 15) is 9.59 Å². The Kier molecular flexibility index (Phi) is 3.94. The number of nitrogens with zero attached hydrogens (tertiary/aromatic N) is 2. The first kappa shape index (κ1) is 17.2. The lowest BCUT2D eigenvalue weighted by atomic mass is 10.1. The van der Waals surface area contributed by atoms with E-state index in [2.05, 4.69) is 11.5 Å². The first-order chi connectivity index (χ1) is 14.1. The van der Waals surface area contributed by atoms with E-state index < -0.39 is 11.5 Å². The van der Waals surface area contributed by atoms with Gasteiger partial charge in [0.2, 0.25) is 0 Å². The molecule has 1 N–H and O–H groups in total. The first-order valence-electron chi connectivity index (χ1n) is 9.21. The van der Waals surface area contributed by atoms with Crippen molar-refractivity contribution in [2.75, 3.05) is 18.7 Å². The Balaban J connectivity index is 1.48. The molecule has 0 atom stereocenters. The maximum atomic E-state index is 12.8. The van der Waals surface area contributed by atoms with E-state index in [1.54, 1.807) is 36.4 Å². The van der Waals surface area contributed by atoms with Gasteiger partial charge in [-0.1, -0.05) is 18.2 Å². The molecule has 7 nitrogen and oxygen atoms in total. The highest BCUT2D eigenvalue weighted by molar-refractivity contribution is 5.97. The number of carbonyl (C=O) groups is 1. The number of rotatable bonds is 3. The maximum Gasteiger partial charge on any atom is 0.349 e. The Morgan fingerprint density at radius 3 is 2.86 bits per heavy atom. The van der Waals surface area contributed by atoms with Crippen molar-refractivity contribution < 1.29 is 13.9 Å². The second-order valence-electron chi connectivity index (χ2n) is 6.86. The van der Waals surface area contributed by atoms with Crippen LogP contribution in [0.25, 0.3) is 21.9 Å². The number of nitrogens with one attached hydrogen (secondary N) is 1. The summed E-state index contributed by atoms with van der Waals surface area (Å²) in [5.74, 6) is 0.862. The molecule has 3 heterocycles. The number of benzene rings is 2. The summed E-state index contributed by atoms with van der Waals surface area (Å²) in [5, 5.41) is 3.37. The van der Waals surface area contributed by atoms with Gasteiger partial charge in [-0.2, -0.15) is 0 Å². The maximum absolute atomic E-state index is 12.8. The van der Waals surface area contributed by atoms with E-state index in [1.165, 1.54) is 0 Å². The number of ether oxygens (including phenoxy) is 1. The van der Waals surface area contributed by atoms with Crippen LogP contribution in [0, 0.1) is 0 Å². The van der Waals surface area contributed by atoms with E-state index in [0.29, 0.717) is 29.1 Å². The first-order valence-corrected chi connectivity index (χ1v) is 9.21. The number of anilines is 1. The van der Waals surface area contributed by atoms with Gasteiger partial charge in [-0.3, -0.25) is 15.2 Å². The Morgan fingerprint density at radius 1 is 1.14 bits per heavy atom. The van der Waals surface area contributed by atoms with Crippen LogP contribution in [-0.2, 0) is 6.42 Å². The van der Waals surface area contributed by atoms with E-state index in [4.69, 9.17) is 14.1 Å². The summed E-state index contributed by atoms with van der Waals surface area (Å²) < 4.78 is 10.5. The summed E-state index contributed by atoms with van der Waals surface area (Å²) in [6.07, 6.45) is 0.747. The van der Waals surface area contributed by atoms with E-state index in [-0.39, 0.29) is 5.56 Å². The molecule has 29 heavy (non-hydrogen) atoms. The van der Waals surface area contributed by atoms with Crippen molar-refractivity contribution in [1.82, 2.24) is 10.4 Å². The number of amides is 1. The van der Waals surface area contributed by atoms with Crippen LogP contribution in [0.2, 0.25) is 0 Å². The van der Waals surface area contributed by atoms with Gasteiger partial charge >= 0.3 is 5.63 Å². The Morgan fingerprint density at radius 2 is 2.00 bits per heavy atom. The number of carbonyl (C=O) groups excluding carboxylic acids is 1. The highest BCUT2D eigenvalue weighted by Gasteiger charge is 2.25. The van der Waals surface area contributed by atoms with E-state index >= 15 is 0 Å². The lowest BCUT2D eigenvalue weighted by molar-refractivity contribution is 0.0946. The second-order valence-corrected chi connectivity index (χ2v) is 6.86. The van der Waals surface area contributed by atoms with Gasteiger partial charge in [0.05, 0.1) is 12.6 Å². The van der Waals surface area contributed by atoms with Gasteiger partial charge in [-0.05, 0) is 42.3 Å². The highest BCUT2D eigenvalue weighted by atomic mass is 16.5. The van der Waals surface area contributed by atoms with Crippen LogP contribution < -0.4 is 20.8 Å². The predicted molar refractivity (Wildman–Crippen MR) is 109 cm³/mol. The minimum absolute atomic E-state index is 0.0420. The van der Waals surface area contributed by atoms with Gasteiger partial charge in [0, 0.05) is 23.4 Å². The summed E-state index contributed by atoms with van der Waals surface area (Å²) in [5.41, 5.74) is 4.33. The molecule has 0 fully saturated rings. The van der Waals surface area contributed by atoms with Gasteiger partial charge in [0.25, 0.3) is 5.91 Å². The highest BCUT2D eigenvalue weighted by Crippen LogP contribution is 2.30. The van der Waals surface area contributed by atoms with Crippen molar-refractivity contribution in [2.24, 2.45) is 0 Å². The molecular weight excluding hydrogens is 370 g/mol. The van der Waals surface area contributed by atoms with Gasteiger partial charge in [0.15, 0.2) is 5.82 Å². The minimum atomic E-state index is -0.670. The van der Waals surface area contributed by atoms with Gasteiger partial charge in [-0.25, -0.2) is 9.78 Å². The SMILES string of the molecule is COc1ccc2cc3c(nc2c1)N(NC(=O)c1cc2ccccc2oc1=O)CC3. The van der Waals surface area contributed by atoms with Crippen LogP contribution >= 0.6 is 0 Å². The number of hydrazine groups is 1. The molecular formula is C22H17N3O4. The number of para-hydroxylation sites is 1. The molecule has 2 aromatic heterocycles. The third-order valence-corrected chi connectivity index (χ3v) is 5.06. The van der Waals surface area contributed by atoms with Crippen molar-refractivity contribution in [3.8, 4) is 5.75 Å². The fourth-order valence-corrected chi connectivity index (χ4v) is 3.58. The molecule has 0 saturated carbocycles. The summed E-state index contributed by atoms with van der Waals surface area (Å²) in [7, 11) is 1.61. The largest absolute Gasteiger partial charge is 0.497 e. The topological polar surface area (TPSA) is 84.7 Å². The molecule has 0 aliphatic carbocycles. The van der Waals surface area contributed by atoms with Crippen LogP contribution in [0.1, 0.15) is 15.9 Å². The number of hydrogen-bond donors (Lipinski definition) is 1. The van der Waals surface area contributed by atoms with E-state index in [1.807, 2.05) is 24.3 Å². The number of pyridine rings is 1. The molecule has 2 aromatic carbocycles. The molecule has 1 aliphatic rings. The normalized spacial score (nSPS) is 12.9. The Labute approximate surface area is 165 Å². The third-order valence-electron chi connectivity index (χ3n) is 5.06. The van der Waals surface area contributed by atoms with Crippen LogP contribution in [-0.4, -0.2) is 24.5 Å². The van der Waals surface area contributed by atoms with Crippen molar-refractivity contribution in [1.29, 1.82) is 0 Å². The lowest BCUT2D eigenvalue weighted by Crippen LogP contribution is -2.43. The van der Waals surface area contributed by atoms with Crippen LogP contribution in [0.15, 0.2) is 63.8 Å². The Bertz CT molecular complexity index is 1330. The van der Waals surface area contributed by atoms with Crippen molar-refractivity contribution >= 4 is 33.6 Å². The molecule has 0 spiro atoms. The van der Waals surface area contributed by atoms with Gasteiger partial charge in [0.1, 0.15) is 16.9 Å². The molecule has 4 aromatic rings. The molecule has 5 rings (SSSR count). The molecule has 0 radical (unpaired) electrons. The lowest BCUT2D eigenvalue weighted by Gasteiger charge is -2.19. The van der Waals surface area contributed by atoms with E-state index in [0.717, 1.165) is 22.9 Å².